The molecule has 1 unspecified atom stereocenters. The highest BCUT2D eigenvalue weighted by Gasteiger charge is 2.22. The van der Waals surface area contributed by atoms with Crippen LogP contribution in [0.1, 0.15) is 57.2 Å². The molecule has 0 spiro atoms. The predicted molar refractivity (Wildman–Crippen MR) is 88.6 cm³/mol. The standard InChI is InChI=1S/C17H29N3O/c1-13-9-5-6-10-15(13)14(2)19-12-8-7-11-17(3,4)16(18)20-21/h5-6,9-10,14,19,21H,7-8,11-12H2,1-4H3,(H2,18,20). The quantitative estimate of drug-likeness (QED) is 0.225. The van der Waals surface area contributed by atoms with Gasteiger partial charge in [-0.2, -0.15) is 0 Å². The monoisotopic (exact) mass is 291 g/mol. The van der Waals surface area contributed by atoms with Crippen molar-refractivity contribution in [2.45, 2.75) is 53.0 Å². The SMILES string of the molecule is Cc1ccccc1C(C)NCCCCC(C)(C)/C(N)=N/O. The second-order valence-corrected chi connectivity index (χ2v) is 6.36. The Bertz CT molecular complexity index is 469. The number of oxime groups is 1. The Morgan fingerprint density at radius 1 is 1.33 bits per heavy atom. The number of amidine groups is 1. The minimum atomic E-state index is -0.240. The summed E-state index contributed by atoms with van der Waals surface area (Å²) >= 11 is 0. The summed E-state index contributed by atoms with van der Waals surface area (Å²) in [6.45, 7) is 9.33. The molecule has 1 aromatic carbocycles. The molecule has 4 N–H and O–H groups in total. The van der Waals surface area contributed by atoms with Crippen LogP contribution in [0.3, 0.4) is 0 Å². The van der Waals surface area contributed by atoms with Crippen LogP contribution in [0, 0.1) is 12.3 Å². The molecule has 0 bridgehead atoms. The number of nitrogens with two attached hydrogens (primary N) is 1. The Hall–Kier alpha value is -1.55. The van der Waals surface area contributed by atoms with Gasteiger partial charge in [-0.3, -0.25) is 0 Å². The Labute approximate surface area is 128 Å². The van der Waals surface area contributed by atoms with Gasteiger partial charge in [0.2, 0.25) is 0 Å². The fraction of sp³-hybridized carbons (Fsp3) is 0.588. The zero-order valence-corrected chi connectivity index (χ0v) is 13.7. The molecule has 0 radical (unpaired) electrons. The van der Waals surface area contributed by atoms with E-state index in [1.807, 2.05) is 13.8 Å². The minimum absolute atomic E-state index is 0.240. The highest BCUT2D eigenvalue weighted by atomic mass is 16.4. The lowest BCUT2D eigenvalue weighted by atomic mass is 9.86. The number of rotatable bonds is 8. The van der Waals surface area contributed by atoms with Crippen molar-refractivity contribution in [2.75, 3.05) is 6.54 Å². The van der Waals surface area contributed by atoms with E-state index in [4.69, 9.17) is 10.9 Å². The third-order valence-corrected chi connectivity index (χ3v) is 4.14. The van der Waals surface area contributed by atoms with Crippen molar-refractivity contribution < 1.29 is 5.21 Å². The predicted octanol–water partition coefficient (Wildman–Crippen LogP) is 3.59. The van der Waals surface area contributed by atoms with Gasteiger partial charge < -0.3 is 16.3 Å². The highest BCUT2D eigenvalue weighted by molar-refractivity contribution is 5.85. The van der Waals surface area contributed by atoms with Gasteiger partial charge in [0, 0.05) is 11.5 Å². The number of hydrogen-bond donors (Lipinski definition) is 3. The summed E-state index contributed by atoms with van der Waals surface area (Å²) < 4.78 is 0. The molecule has 0 aromatic heterocycles. The molecule has 0 fully saturated rings. The van der Waals surface area contributed by atoms with E-state index in [-0.39, 0.29) is 5.41 Å². The molecule has 1 aromatic rings. The molecule has 0 saturated carbocycles. The Kier molecular flexibility index (Phi) is 6.69. The van der Waals surface area contributed by atoms with Crippen LogP contribution >= 0.6 is 0 Å². The van der Waals surface area contributed by atoms with Gasteiger partial charge in [0.25, 0.3) is 0 Å². The van der Waals surface area contributed by atoms with Crippen LogP contribution in [0.2, 0.25) is 0 Å². The van der Waals surface area contributed by atoms with E-state index in [1.54, 1.807) is 0 Å². The maximum absolute atomic E-state index is 8.75. The molecular weight excluding hydrogens is 262 g/mol. The van der Waals surface area contributed by atoms with E-state index in [9.17, 15) is 0 Å². The van der Waals surface area contributed by atoms with E-state index < -0.39 is 0 Å². The first-order valence-corrected chi connectivity index (χ1v) is 7.65. The van der Waals surface area contributed by atoms with Crippen molar-refractivity contribution in [3.05, 3.63) is 35.4 Å². The first-order valence-electron chi connectivity index (χ1n) is 7.65. The molecule has 0 aliphatic carbocycles. The van der Waals surface area contributed by atoms with Gasteiger partial charge in [-0.25, -0.2) is 0 Å². The Morgan fingerprint density at radius 3 is 2.62 bits per heavy atom. The number of unbranched alkanes of at least 4 members (excludes halogenated alkanes) is 1. The van der Waals surface area contributed by atoms with Gasteiger partial charge in [-0.1, -0.05) is 49.7 Å². The minimum Gasteiger partial charge on any atom is -0.409 e. The first-order chi connectivity index (χ1) is 9.88. The maximum Gasteiger partial charge on any atom is 0.144 e. The number of benzene rings is 1. The maximum atomic E-state index is 8.75. The number of aryl methyl sites for hydroxylation is 1. The van der Waals surface area contributed by atoms with E-state index in [0.29, 0.717) is 11.9 Å². The Balaban J connectivity index is 2.31. The number of nitrogens with one attached hydrogen (secondary N) is 1. The van der Waals surface area contributed by atoms with Crippen molar-refractivity contribution in [1.29, 1.82) is 0 Å². The summed E-state index contributed by atoms with van der Waals surface area (Å²) in [7, 11) is 0. The summed E-state index contributed by atoms with van der Waals surface area (Å²) in [6, 6.07) is 8.84. The number of nitrogens with zero attached hydrogens (tertiary/aromatic N) is 1. The summed E-state index contributed by atoms with van der Waals surface area (Å²) in [5, 5.41) is 15.4. The molecule has 0 amide bonds. The molecule has 0 heterocycles. The molecular formula is C17H29N3O. The fourth-order valence-electron chi connectivity index (χ4n) is 2.46. The van der Waals surface area contributed by atoms with Crippen molar-refractivity contribution in [2.24, 2.45) is 16.3 Å². The van der Waals surface area contributed by atoms with Crippen LogP contribution in [-0.4, -0.2) is 17.6 Å². The van der Waals surface area contributed by atoms with Crippen molar-refractivity contribution >= 4 is 5.84 Å². The molecule has 0 saturated heterocycles. The van der Waals surface area contributed by atoms with E-state index >= 15 is 0 Å². The summed E-state index contributed by atoms with van der Waals surface area (Å²) in [6.07, 6.45) is 3.05. The van der Waals surface area contributed by atoms with Crippen LogP contribution in [0.5, 0.6) is 0 Å². The van der Waals surface area contributed by atoms with E-state index in [1.165, 1.54) is 11.1 Å². The molecule has 4 nitrogen and oxygen atoms in total. The lowest BCUT2D eigenvalue weighted by molar-refractivity contribution is 0.304. The summed E-state index contributed by atoms with van der Waals surface area (Å²) in [4.78, 5) is 0. The van der Waals surface area contributed by atoms with Gasteiger partial charge >= 0.3 is 0 Å². The smallest absolute Gasteiger partial charge is 0.144 e. The average Bonchev–Trinajstić information content (AvgIpc) is 2.46. The largest absolute Gasteiger partial charge is 0.409 e. The fourth-order valence-corrected chi connectivity index (χ4v) is 2.46. The van der Waals surface area contributed by atoms with Crippen LogP contribution < -0.4 is 11.1 Å². The molecule has 0 aliphatic rings. The van der Waals surface area contributed by atoms with Crippen LogP contribution in [0.15, 0.2) is 29.4 Å². The summed E-state index contributed by atoms with van der Waals surface area (Å²) in [5.74, 6) is 0.309. The van der Waals surface area contributed by atoms with Gasteiger partial charge in [0.15, 0.2) is 0 Å². The zero-order chi connectivity index (χ0) is 15.9. The Morgan fingerprint density at radius 2 is 2.00 bits per heavy atom. The van der Waals surface area contributed by atoms with Crippen molar-refractivity contribution in [1.82, 2.24) is 5.32 Å². The lowest BCUT2D eigenvalue weighted by Crippen LogP contribution is -2.32. The zero-order valence-electron chi connectivity index (χ0n) is 13.7. The van der Waals surface area contributed by atoms with Gasteiger partial charge in [-0.05, 0) is 44.4 Å². The van der Waals surface area contributed by atoms with Gasteiger partial charge in [0.05, 0.1) is 0 Å². The van der Waals surface area contributed by atoms with Crippen LogP contribution in [0.4, 0.5) is 0 Å². The van der Waals surface area contributed by atoms with Crippen LogP contribution in [-0.2, 0) is 0 Å². The molecule has 4 heteroatoms. The number of hydrogen-bond acceptors (Lipinski definition) is 3. The second-order valence-electron chi connectivity index (χ2n) is 6.36. The van der Waals surface area contributed by atoms with Crippen LogP contribution in [0.25, 0.3) is 0 Å². The van der Waals surface area contributed by atoms with E-state index in [0.717, 1.165) is 25.8 Å². The van der Waals surface area contributed by atoms with E-state index in [2.05, 4.69) is 48.6 Å². The molecule has 21 heavy (non-hydrogen) atoms. The average molecular weight is 291 g/mol. The van der Waals surface area contributed by atoms with Crippen molar-refractivity contribution in [3.63, 3.8) is 0 Å². The molecule has 1 atom stereocenters. The second kappa shape index (κ2) is 8.03. The third kappa shape index (κ3) is 5.38. The molecule has 1 rings (SSSR count). The first kappa shape index (κ1) is 17.5. The van der Waals surface area contributed by atoms with Crippen molar-refractivity contribution in [3.8, 4) is 0 Å². The molecule has 118 valence electrons. The van der Waals surface area contributed by atoms with Gasteiger partial charge in [-0.15, -0.1) is 0 Å². The lowest BCUT2D eigenvalue weighted by Gasteiger charge is -2.23. The summed E-state index contributed by atoms with van der Waals surface area (Å²) in [5.41, 5.74) is 8.13. The van der Waals surface area contributed by atoms with Gasteiger partial charge in [0.1, 0.15) is 5.84 Å². The topological polar surface area (TPSA) is 70.6 Å². The highest BCUT2D eigenvalue weighted by Crippen LogP contribution is 2.23. The normalized spacial score (nSPS) is 14.2. The molecule has 0 aliphatic heterocycles. The third-order valence-electron chi connectivity index (χ3n) is 4.14.